The van der Waals surface area contributed by atoms with Crippen molar-refractivity contribution in [2.45, 2.75) is 6.92 Å². The minimum absolute atomic E-state index is 0. The van der Waals surface area contributed by atoms with Crippen molar-refractivity contribution in [3.63, 3.8) is 0 Å². The molecule has 0 aliphatic carbocycles. The number of carbonyl (C=O) groups is 2. The van der Waals surface area contributed by atoms with Crippen LogP contribution < -0.4 is 0 Å². The van der Waals surface area contributed by atoms with E-state index in [9.17, 15) is 9.59 Å². The third-order valence-corrected chi connectivity index (χ3v) is 0.677. The Labute approximate surface area is 79.8 Å². The molecule has 0 saturated carbocycles. The maximum absolute atomic E-state index is 9.90. The molecule has 0 rings (SSSR count). The SMILES string of the molecule is C/C(=C/C(=O)O)C(=O)O.[Na]. The van der Waals surface area contributed by atoms with E-state index in [-0.39, 0.29) is 35.1 Å². The summed E-state index contributed by atoms with van der Waals surface area (Å²) in [5, 5.41) is 16.1. The van der Waals surface area contributed by atoms with Gasteiger partial charge in [-0.1, -0.05) is 0 Å². The fourth-order valence-corrected chi connectivity index (χ4v) is 0.247. The second-order valence-corrected chi connectivity index (χ2v) is 1.47. The second kappa shape index (κ2) is 5.46. The monoisotopic (exact) mass is 153 g/mol. The van der Waals surface area contributed by atoms with Crippen molar-refractivity contribution in [3.8, 4) is 0 Å². The van der Waals surface area contributed by atoms with Gasteiger partial charge >= 0.3 is 11.9 Å². The van der Waals surface area contributed by atoms with Gasteiger partial charge in [0, 0.05) is 41.2 Å². The van der Waals surface area contributed by atoms with Gasteiger partial charge in [0.05, 0.1) is 0 Å². The van der Waals surface area contributed by atoms with E-state index in [4.69, 9.17) is 10.2 Å². The molecule has 4 nitrogen and oxygen atoms in total. The van der Waals surface area contributed by atoms with Gasteiger partial charge in [-0.2, -0.15) is 0 Å². The van der Waals surface area contributed by atoms with Crippen molar-refractivity contribution < 1.29 is 19.8 Å². The number of carboxylic acid groups (broad SMARTS) is 2. The summed E-state index contributed by atoms with van der Waals surface area (Å²) in [6.45, 7) is 1.22. The summed E-state index contributed by atoms with van der Waals surface area (Å²) in [6, 6.07) is 0. The van der Waals surface area contributed by atoms with Crippen LogP contribution in [0, 0.1) is 0 Å². The molecule has 0 aromatic heterocycles. The molecule has 2 N–H and O–H groups in total. The van der Waals surface area contributed by atoms with E-state index in [0.717, 1.165) is 0 Å². The zero-order valence-corrected chi connectivity index (χ0v) is 7.79. The largest absolute Gasteiger partial charge is 0.478 e. The van der Waals surface area contributed by atoms with Crippen LogP contribution in [0.25, 0.3) is 0 Å². The molecule has 0 aliphatic rings. The van der Waals surface area contributed by atoms with Gasteiger partial charge in [0.25, 0.3) is 0 Å². The number of hydrogen-bond acceptors (Lipinski definition) is 2. The Morgan fingerprint density at radius 1 is 1.30 bits per heavy atom. The minimum atomic E-state index is -1.24. The molecule has 0 aromatic carbocycles. The molecule has 0 heterocycles. The van der Waals surface area contributed by atoms with Crippen LogP contribution in [-0.4, -0.2) is 51.7 Å². The smallest absolute Gasteiger partial charge is 0.331 e. The quantitative estimate of drug-likeness (QED) is 0.422. The molecule has 0 atom stereocenters. The Kier molecular flexibility index (Phi) is 6.76. The van der Waals surface area contributed by atoms with Gasteiger partial charge in [-0.3, -0.25) is 0 Å². The van der Waals surface area contributed by atoms with Crippen molar-refractivity contribution in [3.05, 3.63) is 11.6 Å². The summed E-state index contributed by atoms with van der Waals surface area (Å²) in [5.74, 6) is -2.45. The van der Waals surface area contributed by atoms with E-state index >= 15 is 0 Å². The average molecular weight is 153 g/mol. The first kappa shape index (κ1) is 12.4. The van der Waals surface area contributed by atoms with Crippen LogP contribution in [0.4, 0.5) is 0 Å². The fraction of sp³-hybridized carbons (Fsp3) is 0.200. The Morgan fingerprint density at radius 3 is 1.80 bits per heavy atom. The van der Waals surface area contributed by atoms with Gasteiger partial charge in [-0.05, 0) is 6.92 Å². The van der Waals surface area contributed by atoms with Gasteiger partial charge in [-0.15, -0.1) is 0 Å². The van der Waals surface area contributed by atoms with Crippen molar-refractivity contribution >= 4 is 41.5 Å². The van der Waals surface area contributed by atoms with Crippen molar-refractivity contribution in [1.82, 2.24) is 0 Å². The first-order valence-electron chi connectivity index (χ1n) is 2.18. The van der Waals surface area contributed by atoms with E-state index in [0.29, 0.717) is 6.08 Å². The van der Waals surface area contributed by atoms with Crippen LogP contribution in [0.15, 0.2) is 11.6 Å². The Balaban J connectivity index is 0. The average Bonchev–Trinajstić information content (AvgIpc) is 1.63. The molecule has 1 radical (unpaired) electrons. The Bertz CT molecular complexity index is 172. The molecule has 10 heavy (non-hydrogen) atoms. The molecule has 0 spiro atoms. The van der Waals surface area contributed by atoms with E-state index in [2.05, 4.69) is 0 Å². The maximum atomic E-state index is 9.90. The van der Waals surface area contributed by atoms with Crippen LogP contribution in [0.5, 0.6) is 0 Å². The molecule has 0 aromatic rings. The molecule has 0 saturated heterocycles. The zero-order valence-electron chi connectivity index (χ0n) is 5.79. The summed E-state index contributed by atoms with van der Waals surface area (Å²) in [7, 11) is 0. The van der Waals surface area contributed by atoms with Crippen LogP contribution in [0.2, 0.25) is 0 Å². The van der Waals surface area contributed by atoms with Gasteiger partial charge < -0.3 is 10.2 Å². The zero-order chi connectivity index (χ0) is 7.44. The summed E-state index contributed by atoms with van der Waals surface area (Å²) >= 11 is 0. The van der Waals surface area contributed by atoms with Crippen LogP contribution in [0.1, 0.15) is 6.92 Å². The van der Waals surface area contributed by atoms with E-state index in [1.807, 2.05) is 0 Å². The summed E-state index contributed by atoms with van der Waals surface area (Å²) in [5.41, 5.74) is -0.178. The van der Waals surface area contributed by atoms with E-state index in [1.54, 1.807) is 0 Å². The summed E-state index contributed by atoms with van der Waals surface area (Å²) in [6.07, 6.45) is 0.641. The van der Waals surface area contributed by atoms with Crippen LogP contribution in [0.3, 0.4) is 0 Å². The molecule has 0 aliphatic heterocycles. The molecule has 0 amide bonds. The Hall–Kier alpha value is -0.320. The number of hydrogen-bond donors (Lipinski definition) is 2. The Morgan fingerprint density at radius 2 is 1.70 bits per heavy atom. The molecule has 0 fully saturated rings. The first-order chi connectivity index (χ1) is 4.04. The first-order valence-corrected chi connectivity index (χ1v) is 2.18. The van der Waals surface area contributed by atoms with Crippen LogP contribution in [-0.2, 0) is 9.59 Å². The topological polar surface area (TPSA) is 74.6 Å². The van der Waals surface area contributed by atoms with Gasteiger partial charge in [0.15, 0.2) is 0 Å². The number of rotatable bonds is 2. The predicted molar refractivity (Wildman–Crippen MR) is 34.8 cm³/mol. The summed E-state index contributed by atoms with van der Waals surface area (Å²) in [4.78, 5) is 19.7. The number of carboxylic acids is 2. The molecule has 0 unspecified atom stereocenters. The van der Waals surface area contributed by atoms with Gasteiger partial charge in [-0.25, -0.2) is 9.59 Å². The fourth-order valence-electron chi connectivity index (χ4n) is 0.247. The summed E-state index contributed by atoms with van der Waals surface area (Å²) < 4.78 is 0. The van der Waals surface area contributed by atoms with Crippen molar-refractivity contribution in [2.24, 2.45) is 0 Å². The molecule has 51 valence electrons. The minimum Gasteiger partial charge on any atom is -0.478 e. The van der Waals surface area contributed by atoms with E-state index < -0.39 is 11.9 Å². The van der Waals surface area contributed by atoms with Crippen LogP contribution >= 0.6 is 0 Å². The number of aliphatic carboxylic acids is 2. The van der Waals surface area contributed by atoms with Gasteiger partial charge in [0.1, 0.15) is 0 Å². The van der Waals surface area contributed by atoms with Gasteiger partial charge in [0.2, 0.25) is 0 Å². The normalized spacial score (nSPS) is 9.90. The molecular weight excluding hydrogens is 147 g/mol. The maximum Gasteiger partial charge on any atom is 0.331 e. The predicted octanol–water partition coefficient (Wildman–Crippen LogP) is -0.279. The van der Waals surface area contributed by atoms with E-state index in [1.165, 1.54) is 6.92 Å². The molecular formula is C5H6NaO4. The van der Waals surface area contributed by atoms with Crippen molar-refractivity contribution in [1.29, 1.82) is 0 Å². The standard InChI is InChI=1S/C5H6O4.Na/c1-3(5(8)9)2-4(6)7;/h2H,1H3,(H,6,7)(H,8,9);/b3-2-;. The third-order valence-electron chi connectivity index (χ3n) is 0.677. The third kappa shape index (κ3) is 5.81. The molecule has 0 bridgehead atoms. The second-order valence-electron chi connectivity index (χ2n) is 1.47. The van der Waals surface area contributed by atoms with Crippen molar-refractivity contribution in [2.75, 3.05) is 0 Å². The molecule has 5 heteroatoms.